The van der Waals surface area contributed by atoms with Crippen LogP contribution in [0.4, 0.5) is 13.2 Å². The third-order valence-electron chi connectivity index (χ3n) is 3.52. The van der Waals surface area contributed by atoms with Gasteiger partial charge in [0.1, 0.15) is 11.6 Å². The Kier molecular flexibility index (Phi) is 5.46. The molecule has 128 valence electrons. The summed E-state index contributed by atoms with van der Waals surface area (Å²) in [5.41, 5.74) is 0.0646. The van der Waals surface area contributed by atoms with E-state index in [-0.39, 0.29) is 16.9 Å². The van der Waals surface area contributed by atoms with Crippen molar-refractivity contribution in [1.82, 2.24) is 5.32 Å². The molecule has 0 bridgehead atoms. The van der Waals surface area contributed by atoms with E-state index in [0.29, 0.717) is 0 Å². The van der Waals surface area contributed by atoms with Crippen molar-refractivity contribution in [3.8, 4) is 5.75 Å². The minimum absolute atomic E-state index is 0.0400. The molecule has 4 nitrogen and oxygen atoms in total. The van der Waals surface area contributed by atoms with Crippen LogP contribution < -0.4 is 10.1 Å². The first kappa shape index (κ1) is 17.8. The van der Waals surface area contributed by atoms with E-state index in [1.54, 1.807) is 0 Å². The van der Waals surface area contributed by atoms with Crippen molar-refractivity contribution in [2.45, 2.75) is 19.1 Å². The molecule has 0 aliphatic heterocycles. The number of carbonyl (C=O) groups excluding carboxylic acids is 1. The molecular weight excluding hydrogens is 323 g/mol. The molecule has 2 aromatic carbocycles. The summed E-state index contributed by atoms with van der Waals surface area (Å²) in [5.74, 6) is -3.25. The Balaban J connectivity index is 2.16. The summed E-state index contributed by atoms with van der Waals surface area (Å²) in [7, 11) is 1.34. The standard InChI is InChI=1S/C17H16F3NO3/c1-9(16(22)10-3-5-13(19)14(20)7-10)21-17(23)12-8-11(18)4-6-15(12)24-2/h3-9,16,22H,1-2H3,(H,21,23). The van der Waals surface area contributed by atoms with Crippen LogP contribution in [-0.2, 0) is 0 Å². The molecular formula is C17H16F3NO3. The fraction of sp³-hybridized carbons (Fsp3) is 0.235. The molecule has 2 N–H and O–H groups in total. The number of amides is 1. The Labute approximate surface area is 136 Å². The van der Waals surface area contributed by atoms with Crippen LogP contribution in [0.3, 0.4) is 0 Å². The minimum Gasteiger partial charge on any atom is -0.496 e. The lowest BCUT2D eigenvalue weighted by atomic mass is 10.0. The number of carbonyl (C=O) groups is 1. The first-order valence-electron chi connectivity index (χ1n) is 7.11. The van der Waals surface area contributed by atoms with Gasteiger partial charge in [-0.3, -0.25) is 4.79 Å². The van der Waals surface area contributed by atoms with Gasteiger partial charge in [-0.05, 0) is 42.8 Å². The zero-order valence-corrected chi connectivity index (χ0v) is 13.0. The zero-order chi connectivity index (χ0) is 17.9. The lowest BCUT2D eigenvalue weighted by Crippen LogP contribution is -2.37. The van der Waals surface area contributed by atoms with E-state index in [2.05, 4.69) is 5.32 Å². The molecule has 2 aromatic rings. The second-order valence-electron chi connectivity index (χ2n) is 5.23. The molecule has 0 saturated heterocycles. The normalized spacial score (nSPS) is 13.2. The minimum atomic E-state index is -1.27. The maximum Gasteiger partial charge on any atom is 0.255 e. The van der Waals surface area contributed by atoms with Gasteiger partial charge in [0.15, 0.2) is 11.6 Å². The predicted molar refractivity (Wildman–Crippen MR) is 81.2 cm³/mol. The Morgan fingerprint density at radius 2 is 1.83 bits per heavy atom. The third kappa shape index (κ3) is 3.86. The van der Waals surface area contributed by atoms with Crippen LogP contribution in [0.1, 0.15) is 28.9 Å². The summed E-state index contributed by atoms with van der Waals surface area (Å²) in [6, 6.07) is 5.58. The maximum atomic E-state index is 13.3. The summed E-state index contributed by atoms with van der Waals surface area (Å²) < 4.78 is 44.5. The number of rotatable bonds is 5. The SMILES string of the molecule is COc1ccc(F)cc1C(=O)NC(C)C(O)c1ccc(F)c(F)c1. The van der Waals surface area contributed by atoms with Crippen molar-refractivity contribution in [3.05, 3.63) is 65.0 Å². The van der Waals surface area contributed by atoms with E-state index in [4.69, 9.17) is 4.74 Å². The highest BCUT2D eigenvalue weighted by molar-refractivity contribution is 5.97. The van der Waals surface area contributed by atoms with Gasteiger partial charge in [0.05, 0.1) is 24.8 Å². The van der Waals surface area contributed by atoms with Crippen molar-refractivity contribution >= 4 is 5.91 Å². The molecule has 2 unspecified atom stereocenters. The number of hydrogen-bond donors (Lipinski definition) is 2. The number of aliphatic hydroxyl groups excluding tert-OH is 1. The zero-order valence-electron chi connectivity index (χ0n) is 13.0. The Morgan fingerprint density at radius 3 is 2.46 bits per heavy atom. The highest BCUT2D eigenvalue weighted by Crippen LogP contribution is 2.22. The predicted octanol–water partition coefficient (Wildman–Crippen LogP) is 2.96. The van der Waals surface area contributed by atoms with Gasteiger partial charge in [-0.15, -0.1) is 0 Å². The van der Waals surface area contributed by atoms with Gasteiger partial charge in [-0.1, -0.05) is 6.07 Å². The van der Waals surface area contributed by atoms with Gasteiger partial charge in [-0.25, -0.2) is 13.2 Å². The fourth-order valence-electron chi connectivity index (χ4n) is 2.21. The topological polar surface area (TPSA) is 58.6 Å². The first-order chi connectivity index (χ1) is 11.3. The molecule has 0 radical (unpaired) electrons. The lowest BCUT2D eigenvalue weighted by Gasteiger charge is -2.21. The molecule has 24 heavy (non-hydrogen) atoms. The van der Waals surface area contributed by atoms with E-state index in [1.165, 1.54) is 26.2 Å². The molecule has 2 rings (SSSR count). The van der Waals surface area contributed by atoms with Crippen LogP contribution in [0.15, 0.2) is 36.4 Å². The van der Waals surface area contributed by atoms with Gasteiger partial charge in [0.25, 0.3) is 5.91 Å². The van der Waals surface area contributed by atoms with Gasteiger partial charge in [0, 0.05) is 0 Å². The summed E-state index contributed by atoms with van der Waals surface area (Å²) in [6.07, 6.45) is -1.27. The van der Waals surface area contributed by atoms with Crippen molar-refractivity contribution in [3.63, 3.8) is 0 Å². The van der Waals surface area contributed by atoms with E-state index in [0.717, 1.165) is 24.3 Å². The van der Waals surface area contributed by atoms with Gasteiger partial charge in [-0.2, -0.15) is 0 Å². The number of halogens is 3. The summed E-state index contributed by atoms with van der Waals surface area (Å²) >= 11 is 0. The molecule has 0 aliphatic rings. The van der Waals surface area contributed by atoms with Crippen molar-refractivity contribution < 1.29 is 27.8 Å². The molecule has 0 spiro atoms. The summed E-state index contributed by atoms with van der Waals surface area (Å²) in [4.78, 5) is 12.2. The van der Waals surface area contributed by atoms with E-state index >= 15 is 0 Å². The van der Waals surface area contributed by atoms with E-state index in [1.807, 2.05) is 0 Å². The Morgan fingerprint density at radius 1 is 1.12 bits per heavy atom. The summed E-state index contributed by atoms with van der Waals surface area (Å²) in [5, 5.41) is 12.7. The number of aliphatic hydroxyl groups is 1. The first-order valence-corrected chi connectivity index (χ1v) is 7.11. The monoisotopic (exact) mass is 339 g/mol. The van der Waals surface area contributed by atoms with Gasteiger partial charge < -0.3 is 15.2 Å². The van der Waals surface area contributed by atoms with Gasteiger partial charge >= 0.3 is 0 Å². The molecule has 1 amide bonds. The molecule has 7 heteroatoms. The van der Waals surface area contributed by atoms with Crippen LogP contribution in [0.25, 0.3) is 0 Å². The number of methoxy groups -OCH3 is 1. The average Bonchev–Trinajstić information content (AvgIpc) is 2.56. The highest BCUT2D eigenvalue weighted by atomic mass is 19.2. The highest BCUT2D eigenvalue weighted by Gasteiger charge is 2.22. The van der Waals surface area contributed by atoms with Crippen LogP contribution in [-0.4, -0.2) is 24.2 Å². The Bertz CT molecular complexity index is 752. The molecule has 2 atom stereocenters. The van der Waals surface area contributed by atoms with Crippen LogP contribution >= 0.6 is 0 Å². The van der Waals surface area contributed by atoms with Crippen LogP contribution in [0, 0.1) is 17.5 Å². The molecule has 0 aliphatic carbocycles. The summed E-state index contributed by atoms with van der Waals surface area (Å²) in [6.45, 7) is 1.48. The van der Waals surface area contributed by atoms with Crippen LogP contribution in [0.5, 0.6) is 5.75 Å². The van der Waals surface area contributed by atoms with E-state index in [9.17, 15) is 23.1 Å². The third-order valence-corrected chi connectivity index (χ3v) is 3.52. The lowest BCUT2D eigenvalue weighted by molar-refractivity contribution is 0.0848. The number of ether oxygens (including phenoxy) is 1. The number of hydrogen-bond acceptors (Lipinski definition) is 3. The average molecular weight is 339 g/mol. The van der Waals surface area contributed by atoms with Crippen molar-refractivity contribution in [2.24, 2.45) is 0 Å². The number of nitrogens with one attached hydrogen (secondary N) is 1. The Hall–Kier alpha value is -2.54. The van der Waals surface area contributed by atoms with Gasteiger partial charge in [0.2, 0.25) is 0 Å². The molecule has 0 heterocycles. The molecule has 0 saturated carbocycles. The largest absolute Gasteiger partial charge is 0.496 e. The molecule has 0 fully saturated rings. The maximum absolute atomic E-state index is 13.3. The fourth-order valence-corrected chi connectivity index (χ4v) is 2.21. The van der Waals surface area contributed by atoms with Crippen molar-refractivity contribution in [2.75, 3.05) is 7.11 Å². The second-order valence-corrected chi connectivity index (χ2v) is 5.23. The van der Waals surface area contributed by atoms with Crippen molar-refractivity contribution in [1.29, 1.82) is 0 Å². The quantitative estimate of drug-likeness (QED) is 0.880. The second kappa shape index (κ2) is 7.35. The molecule has 0 aromatic heterocycles. The number of benzene rings is 2. The van der Waals surface area contributed by atoms with E-state index < -0.39 is 35.5 Å². The smallest absolute Gasteiger partial charge is 0.255 e. The van der Waals surface area contributed by atoms with Crippen LogP contribution in [0.2, 0.25) is 0 Å².